The van der Waals surface area contributed by atoms with E-state index in [-0.39, 0.29) is 11.8 Å². The Morgan fingerprint density at radius 1 is 1.33 bits per heavy atom. The van der Waals surface area contributed by atoms with Gasteiger partial charge in [0.2, 0.25) is 5.91 Å². The van der Waals surface area contributed by atoms with Crippen LogP contribution < -0.4 is 5.32 Å². The molecule has 1 aliphatic rings. The maximum atomic E-state index is 12.5. The number of rotatable bonds is 5. The van der Waals surface area contributed by atoms with Crippen molar-refractivity contribution < 1.29 is 4.79 Å². The van der Waals surface area contributed by atoms with Crippen molar-refractivity contribution in [1.82, 2.24) is 10.2 Å². The van der Waals surface area contributed by atoms with Gasteiger partial charge in [-0.1, -0.05) is 36.7 Å². The van der Waals surface area contributed by atoms with Crippen molar-refractivity contribution in [1.29, 1.82) is 0 Å². The number of hydrogen-bond acceptors (Lipinski definition) is 2. The molecular weight excluding hydrogens is 284 g/mol. The first kappa shape index (κ1) is 16.3. The Morgan fingerprint density at radius 2 is 1.95 bits per heavy atom. The predicted octanol–water partition coefficient (Wildman–Crippen LogP) is 3.42. The number of carbonyl (C=O) groups excluding carboxylic acids is 1. The van der Waals surface area contributed by atoms with Crippen LogP contribution in [0.15, 0.2) is 24.3 Å². The lowest BCUT2D eigenvalue weighted by Crippen LogP contribution is -2.45. The maximum absolute atomic E-state index is 12.5. The van der Waals surface area contributed by atoms with Crippen LogP contribution in [-0.4, -0.2) is 30.4 Å². The molecule has 0 unspecified atom stereocenters. The molecule has 1 saturated heterocycles. The summed E-state index contributed by atoms with van der Waals surface area (Å²) in [6.07, 6.45) is 2.50. The average Bonchev–Trinajstić information content (AvgIpc) is 2.91. The molecule has 1 amide bonds. The summed E-state index contributed by atoms with van der Waals surface area (Å²) in [5, 5.41) is 3.83. The molecule has 0 spiro atoms. The molecule has 1 aromatic rings. The Kier molecular flexibility index (Phi) is 5.28. The van der Waals surface area contributed by atoms with Crippen LogP contribution in [0.25, 0.3) is 0 Å². The molecule has 3 nitrogen and oxygen atoms in total. The van der Waals surface area contributed by atoms with E-state index in [1.54, 1.807) is 0 Å². The number of carbonyl (C=O) groups is 1. The second-order valence-electron chi connectivity index (χ2n) is 6.50. The Labute approximate surface area is 132 Å². The molecule has 1 aliphatic heterocycles. The largest absolute Gasteiger partial charge is 0.347 e. The van der Waals surface area contributed by atoms with Gasteiger partial charge in [0.15, 0.2) is 0 Å². The van der Waals surface area contributed by atoms with Crippen molar-refractivity contribution in [2.24, 2.45) is 5.92 Å². The predicted molar refractivity (Wildman–Crippen MR) is 87.5 cm³/mol. The minimum atomic E-state index is -0.464. The monoisotopic (exact) mass is 308 g/mol. The van der Waals surface area contributed by atoms with Crippen LogP contribution in [0.1, 0.15) is 39.2 Å². The van der Waals surface area contributed by atoms with Crippen molar-refractivity contribution in [2.45, 2.75) is 39.2 Å². The molecule has 0 aliphatic carbocycles. The van der Waals surface area contributed by atoms with Crippen LogP contribution in [0, 0.1) is 5.92 Å². The molecule has 1 atom stereocenters. The zero-order valence-corrected chi connectivity index (χ0v) is 13.9. The summed E-state index contributed by atoms with van der Waals surface area (Å²) in [6.45, 7) is 9.06. The first-order chi connectivity index (χ1) is 9.90. The van der Waals surface area contributed by atoms with E-state index in [1.165, 1.54) is 12.8 Å². The molecule has 0 radical (unpaired) electrons. The third kappa shape index (κ3) is 4.21. The summed E-state index contributed by atoms with van der Waals surface area (Å²) in [4.78, 5) is 14.8. The standard InChI is InChI=1S/C17H25ClN2O/c1-13(12-20-10-6-7-11-20)16(21)19-17(2,3)14-8-4-5-9-15(14)18/h4-5,8-9,13H,6-7,10-12H2,1-3H3,(H,19,21)/t13-/m1/s1. The second kappa shape index (κ2) is 6.80. The Hall–Kier alpha value is -1.06. The van der Waals surface area contributed by atoms with Gasteiger partial charge in [-0.05, 0) is 51.4 Å². The highest BCUT2D eigenvalue weighted by Crippen LogP contribution is 2.27. The van der Waals surface area contributed by atoms with Crippen LogP contribution in [0.3, 0.4) is 0 Å². The van der Waals surface area contributed by atoms with E-state index in [1.807, 2.05) is 45.0 Å². The SMILES string of the molecule is C[C@H](CN1CCCC1)C(=O)NC(C)(C)c1ccccc1Cl. The van der Waals surface area contributed by atoms with Crippen LogP contribution in [0.5, 0.6) is 0 Å². The Bertz CT molecular complexity index is 495. The molecule has 0 bridgehead atoms. The van der Waals surface area contributed by atoms with E-state index >= 15 is 0 Å². The van der Waals surface area contributed by atoms with E-state index in [0.29, 0.717) is 5.02 Å². The zero-order chi connectivity index (χ0) is 15.5. The molecule has 116 valence electrons. The molecule has 1 heterocycles. The van der Waals surface area contributed by atoms with Crippen molar-refractivity contribution in [2.75, 3.05) is 19.6 Å². The van der Waals surface area contributed by atoms with Gasteiger partial charge in [0, 0.05) is 17.5 Å². The number of nitrogens with zero attached hydrogens (tertiary/aromatic N) is 1. The van der Waals surface area contributed by atoms with Crippen molar-refractivity contribution >= 4 is 17.5 Å². The van der Waals surface area contributed by atoms with Gasteiger partial charge in [-0.3, -0.25) is 4.79 Å². The molecule has 1 fully saturated rings. The molecule has 1 N–H and O–H groups in total. The number of likely N-dealkylation sites (tertiary alicyclic amines) is 1. The lowest BCUT2D eigenvalue weighted by atomic mass is 9.93. The first-order valence-electron chi connectivity index (χ1n) is 7.69. The maximum Gasteiger partial charge on any atom is 0.224 e. The average molecular weight is 309 g/mol. The van der Waals surface area contributed by atoms with Gasteiger partial charge in [-0.2, -0.15) is 0 Å². The number of halogens is 1. The molecule has 0 saturated carbocycles. The highest BCUT2D eigenvalue weighted by Gasteiger charge is 2.28. The summed E-state index contributed by atoms with van der Waals surface area (Å²) >= 11 is 6.25. The summed E-state index contributed by atoms with van der Waals surface area (Å²) < 4.78 is 0. The van der Waals surface area contributed by atoms with E-state index in [2.05, 4.69) is 10.2 Å². The highest BCUT2D eigenvalue weighted by molar-refractivity contribution is 6.31. The number of benzene rings is 1. The van der Waals surface area contributed by atoms with Crippen molar-refractivity contribution in [3.63, 3.8) is 0 Å². The quantitative estimate of drug-likeness (QED) is 0.904. The fourth-order valence-electron chi connectivity index (χ4n) is 2.90. The molecule has 21 heavy (non-hydrogen) atoms. The van der Waals surface area contributed by atoms with Gasteiger partial charge in [0.05, 0.1) is 5.54 Å². The minimum absolute atomic E-state index is 0.00939. The van der Waals surface area contributed by atoms with E-state index in [4.69, 9.17) is 11.6 Å². The third-order valence-electron chi connectivity index (χ3n) is 4.16. The molecule has 0 aromatic heterocycles. The zero-order valence-electron chi connectivity index (χ0n) is 13.2. The smallest absolute Gasteiger partial charge is 0.224 e. The van der Waals surface area contributed by atoms with Crippen LogP contribution in [0.4, 0.5) is 0 Å². The van der Waals surface area contributed by atoms with Gasteiger partial charge in [-0.25, -0.2) is 0 Å². The van der Waals surface area contributed by atoms with Crippen LogP contribution in [-0.2, 0) is 10.3 Å². The van der Waals surface area contributed by atoms with E-state index in [9.17, 15) is 4.79 Å². The van der Waals surface area contributed by atoms with Crippen LogP contribution in [0.2, 0.25) is 5.02 Å². The number of nitrogens with one attached hydrogen (secondary N) is 1. The summed E-state index contributed by atoms with van der Waals surface area (Å²) in [6, 6.07) is 7.68. The van der Waals surface area contributed by atoms with Crippen LogP contribution >= 0.6 is 11.6 Å². The lowest BCUT2D eigenvalue weighted by Gasteiger charge is -2.30. The molecular formula is C17H25ClN2O. The molecule has 4 heteroatoms. The normalized spacial score (nSPS) is 17.7. The summed E-state index contributed by atoms with van der Waals surface area (Å²) in [5.74, 6) is 0.0803. The fourth-order valence-corrected chi connectivity index (χ4v) is 3.27. The molecule has 1 aromatic carbocycles. The van der Waals surface area contributed by atoms with Crippen molar-refractivity contribution in [3.05, 3.63) is 34.9 Å². The molecule has 2 rings (SSSR count). The Morgan fingerprint density at radius 3 is 2.57 bits per heavy atom. The topological polar surface area (TPSA) is 32.3 Å². The van der Waals surface area contributed by atoms with Gasteiger partial charge in [0.1, 0.15) is 0 Å². The van der Waals surface area contributed by atoms with E-state index in [0.717, 1.165) is 25.2 Å². The second-order valence-corrected chi connectivity index (χ2v) is 6.91. The van der Waals surface area contributed by atoms with Gasteiger partial charge >= 0.3 is 0 Å². The van der Waals surface area contributed by atoms with E-state index < -0.39 is 5.54 Å². The minimum Gasteiger partial charge on any atom is -0.347 e. The third-order valence-corrected chi connectivity index (χ3v) is 4.49. The summed E-state index contributed by atoms with van der Waals surface area (Å²) in [7, 11) is 0. The van der Waals surface area contributed by atoms with Gasteiger partial charge in [0.25, 0.3) is 0 Å². The highest BCUT2D eigenvalue weighted by atomic mass is 35.5. The fraction of sp³-hybridized carbons (Fsp3) is 0.588. The van der Waals surface area contributed by atoms with Crippen molar-refractivity contribution in [3.8, 4) is 0 Å². The van der Waals surface area contributed by atoms with Gasteiger partial charge < -0.3 is 10.2 Å². The Balaban J connectivity index is 1.98. The number of amides is 1. The van der Waals surface area contributed by atoms with Gasteiger partial charge in [-0.15, -0.1) is 0 Å². The lowest BCUT2D eigenvalue weighted by molar-refractivity contribution is -0.126. The first-order valence-corrected chi connectivity index (χ1v) is 8.07. The summed E-state index contributed by atoms with van der Waals surface area (Å²) in [5.41, 5.74) is 0.489. The number of hydrogen-bond donors (Lipinski definition) is 1.